The number of hydrogen-bond acceptors (Lipinski definition) is 11. The van der Waals surface area contributed by atoms with Crippen LogP contribution in [-0.4, -0.2) is 109 Å². The Labute approximate surface area is 316 Å². The number of carbonyl (C=O) groups is 5. The summed E-state index contributed by atoms with van der Waals surface area (Å²) in [6.45, 7) is 2.80. The minimum atomic E-state index is -4.71. The molecule has 0 saturated carbocycles. The van der Waals surface area contributed by atoms with Gasteiger partial charge < -0.3 is 39.0 Å². The number of likely N-dealkylation sites (N-methyl/N-ethyl adjacent to an activating group) is 1. The molecule has 2 amide bonds. The highest BCUT2D eigenvalue weighted by atomic mass is 19.4. The SMILES string of the molecule is CN(C(=O)C1=C[C@H]2OCO[C@H]2[C@H](OC(=O)c2ccccc2C=CC(=O)OCC(F)(F)F)C1)[C@H](Cc1ccccc1)C(=O)N[C@H](CO)CCC(=O)OC(C)(C)C. The molecule has 2 aromatic rings. The Hall–Kier alpha value is -5.06. The summed E-state index contributed by atoms with van der Waals surface area (Å²) in [7, 11) is 1.45. The zero-order chi connectivity index (χ0) is 40.3. The smallest absolute Gasteiger partial charge is 0.422 e. The number of halogens is 3. The molecular formula is C39H45F3N2O11. The first-order valence-corrected chi connectivity index (χ1v) is 17.5. The Balaban J connectivity index is 1.50. The van der Waals surface area contributed by atoms with Gasteiger partial charge in [-0.25, -0.2) is 9.59 Å². The molecule has 0 aromatic heterocycles. The zero-order valence-corrected chi connectivity index (χ0v) is 30.9. The van der Waals surface area contributed by atoms with Gasteiger partial charge in [-0.2, -0.15) is 13.2 Å². The lowest BCUT2D eigenvalue weighted by atomic mass is 9.90. The molecule has 0 unspecified atom stereocenters. The largest absolute Gasteiger partial charge is 0.460 e. The van der Waals surface area contributed by atoms with Gasteiger partial charge in [-0.05, 0) is 56.5 Å². The number of benzene rings is 2. The maximum absolute atomic E-state index is 14.2. The fourth-order valence-electron chi connectivity index (χ4n) is 5.90. The first kappa shape index (κ1) is 42.7. The molecule has 1 fully saturated rings. The summed E-state index contributed by atoms with van der Waals surface area (Å²) in [6, 6.07) is 13.0. The van der Waals surface area contributed by atoms with Crippen molar-refractivity contribution in [3.63, 3.8) is 0 Å². The number of amides is 2. The van der Waals surface area contributed by atoms with Crippen molar-refractivity contribution >= 4 is 35.8 Å². The highest BCUT2D eigenvalue weighted by Crippen LogP contribution is 2.32. The van der Waals surface area contributed by atoms with Gasteiger partial charge in [0.05, 0.1) is 18.2 Å². The molecule has 4 rings (SSSR count). The predicted octanol–water partition coefficient (Wildman–Crippen LogP) is 4.07. The number of ether oxygens (including phenoxy) is 5. The zero-order valence-electron chi connectivity index (χ0n) is 30.9. The van der Waals surface area contributed by atoms with Crippen LogP contribution in [0.2, 0.25) is 0 Å². The average Bonchev–Trinajstić information content (AvgIpc) is 3.62. The van der Waals surface area contributed by atoms with E-state index in [0.717, 1.165) is 17.7 Å². The van der Waals surface area contributed by atoms with Crippen LogP contribution < -0.4 is 5.32 Å². The molecule has 1 heterocycles. The quantitative estimate of drug-likeness (QED) is 0.152. The van der Waals surface area contributed by atoms with Gasteiger partial charge in [-0.15, -0.1) is 0 Å². The maximum atomic E-state index is 14.2. The van der Waals surface area contributed by atoms with Crippen LogP contribution in [0.1, 0.15) is 61.5 Å². The first-order chi connectivity index (χ1) is 25.9. The normalized spacial score (nSPS) is 19.4. The molecule has 1 saturated heterocycles. The van der Waals surface area contributed by atoms with Crippen molar-refractivity contribution in [1.82, 2.24) is 10.2 Å². The third-order valence-corrected chi connectivity index (χ3v) is 8.53. The number of aliphatic hydroxyl groups is 1. The molecule has 0 radical (unpaired) electrons. The number of esters is 3. The van der Waals surface area contributed by atoms with E-state index in [1.165, 1.54) is 30.1 Å². The molecule has 1 aliphatic carbocycles. The number of nitrogens with zero attached hydrogens (tertiary/aromatic N) is 1. The lowest BCUT2D eigenvalue weighted by molar-refractivity contribution is -0.182. The van der Waals surface area contributed by atoms with E-state index in [-0.39, 0.29) is 49.2 Å². The van der Waals surface area contributed by atoms with Crippen molar-refractivity contribution in [2.75, 3.05) is 27.1 Å². The van der Waals surface area contributed by atoms with Crippen LogP contribution >= 0.6 is 0 Å². The Morgan fingerprint density at radius 2 is 1.71 bits per heavy atom. The molecule has 5 atom stereocenters. The minimum Gasteiger partial charge on any atom is -0.460 e. The van der Waals surface area contributed by atoms with Gasteiger partial charge in [0.15, 0.2) is 6.61 Å². The Kier molecular flexibility index (Phi) is 14.7. The van der Waals surface area contributed by atoms with Gasteiger partial charge in [-0.1, -0.05) is 48.5 Å². The van der Waals surface area contributed by atoms with Crippen molar-refractivity contribution in [3.05, 3.63) is 89.0 Å². The van der Waals surface area contributed by atoms with Gasteiger partial charge >= 0.3 is 24.1 Å². The Bertz CT molecular complexity index is 1740. The lowest BCUT2D eigenvalue weighted by Crippen LogP contribution is -2.53. The second kappa shape index (κ2) is 19.0. The summed E-state index contributed by atoms with van der Waals surface area (Å²) < 4.78 is 64.1. The Morgan fingerprint density at radius 1 is 1.02 bits per heavy atom. The summed E-state index contributed by atoms with van der Waals surface area (Å²) in [4.78, 5) is 66.9. The molecule has 13 nitrogen and oxygen atoms in total. The summed E-state index contributed by atoms with van der Waals surface area (Å²) in [5.74, 6) is -3.77. The van der Waals surface area contributed by atoms with Crippen molar-refractivity contribution in [1.29, 1.82) is 0 Å². The second-order valence-corrected chi connectivity index (χ2v) is 14.0. The van der Waals surface area contributed by atoms with Crippen molar-refractivity contribution < 1.29 is 65.9 Å². The minimum absolute atomic E-state index is 0.0258. The number of carbonyl (C=O) groups excluding carboxylic acids is 5. The third kappa shape index (κ3) is 13.0. The Morgan fingerprint density at radius 3 is 2.38 bits per heavy atom. The molecule has 298 valence electrons. The van der Waals surface area contributed by atoms with Crippen LogP contribution in [0.3, 0.4) is 0 Å². The molecule has 0 bridgehead atoms. The standard InChI is InChI=1S/C39H45F3N2O11/c1-38(2,3)55-33(47)17-15-27(21-45)43-35(48)29(18-24-10-6-5-7-11-24)44(4)36(49)26-19-30-34(53-23-52-30)31(20-26)54-37(50)28-13-9-8-12-25(28)14-16-32(46)51-22-39(40,41)42/h5-14,16,19,27,29-31,34,45H,15,17-18,20-23H2,1-4H3,(H,43,48)/t27-,29+,30+,31+,34+/m0/s1. The number of nitrogens with one attached hydrogen (secondary N) is 1. The summed E-state index contributed by atoms with van der Waals surface area (Å²) in [5.41, 5.74) is 0.337. The summed E-state index contributed by atoms with van der Waals surface area (Å²) in [6.07, 6.45) is -3.89. The fraction of sp³-hybridized carbons (Fsp3) is 0.462. The van der Waals surface area contributed by atoms with Crippen LogP contribution in [0, 0.1) is 0 Å². The van der Waals surface area contributed by atoms with Crippen molar-refractivity contribution in [3.8, 4) is 0 Å². The van der Waals surface area contributed by atoms with E-state index < -0.39 is 85.1 Å². The van der Waals surface area contributed by atoms with Gasteiger partial charge in [0.1, 0.15) is 36.7 Å². The van der Waals surface area contributed by atoms with E-state index in [4.69, 9.17) is 18.9 Å². The van der Waals surface area contributed by atoms with E-state index in [9.17, 15) is 42.3 Å². The van der Waals surface area contributed by atoms with Crippen molar-refractivity contribution in [2.45, 2.75) is 88.6 Å². The van der Waals surface area contributed by atoms with Crippen LogP contribution in [-0.2, 0) is 49.3 Å². The summed E-state index contributed by atoms with van der Waals surface area (Å²) >= 11 is 0. The molecular weight excluding hydrogens is 729 g/mol. The van der Waals surface area contributed by atoms with Crippen LogP contribution in [0.5, 0.6) is 0 Å². The number of rotatable bonds is 15. The van der Waals surface area contributed by atoms with Crippen molar-refractivity contribution in [2.24, 2.45) is 0 Å². The highest BCUT2D eigenvalue weighted by molar-refractivity contribution is 5.98. The topological polar surface area (TPSA) is 167 Å². The predicted molar refractivity (Wildman–Crippen MR) is 190 cm³/mol. The molecule has 2 aliphatic rings. The van der Waals surface area contributed by atoms with E-state index in [1.807, 2.05) is 6.07 Å². The van der Waals surface area contributed by atoms with Crippen LogP contribution in [0.15, 0.2) is 72.3 Å². The van der Waals surface area contributed by atoms with E-state index in [2.05, 4.69) is 10.1 Å². The molecule has 1 aliphatic heterocycles. The second-order valence-electron chi connectivity index (χ2n) is 14.0. The monoisotopic (exact) mass is 774 g/mol. The number of alkyl halides is 3. The first-order valence-electron chi connectivity index (χ1n) is 17.5. The molecule has 0 spiro atoms. The lowest BCUT2D eigenvalue weighted by Gasteiger charge is -2.34. The number of aliphatic hydroxyl groups excluding tert-OH is 1. The van der Waals surface area contributed by atoms with Gasteiger partial charge in [-0.3, -0.25) is 14.4 Å². The number of fused-ring (bicyclic) bond motifs is 1. The van der Waals surface area contributed by atoms with Crippen LogP contribution in [0.4, 0.5) is 13.2 Å². The highest BCUT2D eigenvalue weighted by Gasteiger charge is 2.44. The summed E-state index contributed by atoms with van der Waals surface area (Å²) in [5, 5.41) is 12.8. The van der Waals surface area contributed by atoms with E-state index in [1.54, 1.807) is 57.2 Å². The van der Waals surface area contributed by atoms with Crippen LogP contribution in [0.25, 0.3) is 6.08 Å². The van der Waals surface area contributed by atoms with E-state index in [0.29, 0.717) is 0 Å². The maximum Gasteiger partial charge on any atom is 0.422 e. The number of hydrogen-bond donors (Lipinski definition) is 2. The molecule has 2 aromatic carbocycles. The third-order valence-electron chi connectivity index (χ3n) is 8.53. The fourth-order valence-corrected chi connectivity index (χ4v) is 5.90. The molecule has 2 N–H and O–H groups in total. The van der Waals surface area contributed by atoms with Gasteiger partial charge in [0, 0.05) is 38.0 Å². The van der Waals surface area contributed by atoms with Gasteiger partial charge in [0.25, 0.3) is 0 Å². The molecule has 55 heavy (non-hydrogen) atoms. The molecule has 16 heteroatoms. The van der Waals surface area contributed by atoms with E-state index >= 15 is 0 Å². The van der Waals surface area contributed by atoms with Gasteiger partial charge in [0.2, 0.25) is 11.8 Å². The average molecular weight is 775 g/mol.